The van der Waals surface area contributed by atoms with Crippen LogP contribution in [-0.2, 0) is 26.4 Å². The molecule has 4 aliphatic rings. The predicted molar refractivity (Wildman–Crippen MR) is 172 cm³/mol. The Labute approximate surface area is 256 Å². The van der Waals surface area contributed by atoms with Crippen LogP contribution in [0.15, 0.2) is 48.6 Å². The number of hydrogen-bond donors (Lipinski definition) is 1. The molecule has 0 unspecified atom stereocenters. The van der Waals surface area contributed by atoms with Gasteiger partial charge in [-0.25, -0.2) is 8.42 Å². The highest BCUT2D eigenvalue weighted by Crippen LogP contribution is 2.46. The molecule has 0 saturated heterocycles. The average Bonchev–Trinajstić information content (AvgIpc) is 2.96. The van der Waals surface area contributed by atoms with E-state index in [1.165, 1.54) is 17.5 Å². The van der Waals surface area contributed by atoms with Gasteiger partial charge < -0.3 is 19.7 Å². The van der Waals surface area contributed by atoms with Crippen molar-refractivity contribution in [1.82, 2.24) is 0 Å². The van der Waals surface area contributed by atoms with Crippen molar-refractivity contribution in [2.75, 3.05) is 42.9 Å². The molecule has 228 valence electrons. The Morgan fingerprint density at radius 2 is 1.98 bits per heavy atom. The van der Waals surface area contributed by atoms with Crippen molar-refractivity contribution in [2.24, 2.45) is 17.8 Å². The molecule has 2 bridgehead atoms. The van der Waals surface area contributed by atoms with E-state index in [1.54, 1.807) is 7.11 Å². The third-order valence-electron chi connectivity index (χ3n) is 10.7. The van der Waals surface area contributed by atoms with Gasteiger partial charge in [-0.2, -0.15) is 0 Å². The molecule has 8 heteroatoms. The van der Waals surface area contributed by atoms with Crippen molar-refractivity contribution in [3.8, 4) is 5.75 Å². The zero-order chi connectivity index (χ0) is 29.5. The van der Waals surface area contributed by atoms with Gasteiger partial charge >= 0.3 is 0 Å². The maximum Gasteiger partial charge on any atom is 0.170 e. The number of halogens is 1. The van der Waals surface area contributed by atoms with E-state index in [0.29, 0.717) is 24.9 Å². The lowest BCUT2D eigenvalue weighted by molar-refractivity contribution is 0.0131. The molecule has 2 aromatic rings. The highest BCUT2D eigenvalue weighted by atomic mass is 35.5. The van der Waals surface area contributed by atoms with Gasteiger partial charge in [0.2, 0.25) is 0 Å². The van der Waals surface area contributed by atoms with E-state index in [1.807, 2.05) is 32.0 Å². The molecule has 1 spiro atoms. The van der Waals surface area contributed by atoms with E-state index in [-0.39, 0.29) is 23.3 Å². The number of fused-ring (bicyclic) bond motifs is 4. The third-order valence-corrected chi connectivity index (χ3v) is 13.1. The SMILES string of the molecule is CO[C@H]1/C=C/C[C@H](C)[C@@H](C)S(=O)(=O)CNc2ccc3c(c2)N(CC[C@@]2(CCCc4cc(Cl)ccc42)CO3)C[C@@H]2CC[C@H]21. The summed E-state index contributed by atoms with van der Waals surface area (Å²) in [5.74, 6) is 1.75. The summed E-state index contributed by atoms with van der Waals surface area (Å²) in [6.45, 7) is 6.31. The molecule has 1 N–H and O–H groups in total. The molecule has 2 heterocycles. The van der Waals surface area contributed by atoms with Gasteiger partial charge in [0.25, 0.3) is 0 Å². The van der Waals surface area contributed by atoms with Gasteiger partial charge in [0, 0.05) is 36.3 Å². The smallest absolute Gasteiger partial charge is 0.170 e. The number of aryl methyl sites for hydroxylation is 1. The Morgan fingerprint density at radius 1 is 1.12 bits per heavy atom. The minimum Gasteiger partial charge on any atom is -0.490 e. The largest absolute Gasteiger partial charge is 0.490 e. The van der Waals surface area contributed by atoms with Crippen LogP contribution in [-0.4, -0.2) is 52.5 Å². The van der Waals surface area contributed by atoms with Crippen LogP contribution in [0.25, 0.3) is 0 Å². The minimum absolute atomic E-state index is 0.0172. The van der Waals surface area contributed by atoms with Crippen molar-refractivity contribution in [1.29, 1.82) is 0 Å². The molecule has 2 aromatic carbocycles. The molecule has 6 rings (SSSR count). The predicted octanol–water partition coefficient (Wildman–Crippen LogP) is 7.01. The molecule has 1 saturated carbocycles. The zero-order valence-electron chi connectivity index (χ0n) is 25.2. The van der Waals surface area contributed by atoms with Crippen molar-refractivity contribution in [3.05, 3.63) is 64.7 Å². The Kier molecular flexibility index (Phi) is 8.56. The van der Waals surface area contributed by atoms with Gasteiger partial charge in [0.05, 0.1) is 23.6 Å². The number of sulfone groups is 1. The molecule has 0 radical (unpaired) electrons. The monoisotopic (exact) mass is 612 g/mol. The maximum atomic E-state index is 13.3. The van der Waals surface area contributed by atoms with E-state index < -0.39 is 15.1 Å². The quantitative estimate of drug-likeness (QED) is 0.349. The third kappa shape index (κ3) is 5.81. The lowest BCUT2D eigenvalue weighted by atomic mass is 9.67. The summed E-state index contributed by atoms with van der Waals surface area (Å²) in [7, 11) is -1.54. The molecule has 6 nitrogen and oxygen atoms in total. The number of methoxy groups -OCH3 is 1. The summed E-state index contributed by atoms with van der Waals surface area (Å²) in [4.78, 5) is 2.50. The fourth-order valence-electron chi connectivity index (χ4n) is 7.61. The van der Waals surface area contributed by atoms with Crippen LogP contribution < -0.4 is 15.0 Å². The second-order valence-corrected chi connectivity index (χ2v) is 15.9. The molecule has 2 aliphatic heterocycles. The summed E-state index contributed by atoms with van der Waals surface area (Å²) in [5, 5.41) is 3.59. The Bertz CT molecular complexity index is 1430. The van der Waals surface area contributed by atoms with Crippen LogP contribution in [0.3, 0.4) is 0 Å². The van der Waals surface area contributed by atoms with Crippen LogP contribution in [0.4, 0.5) is 11.4 Å². The molecule has 0 amide bonds. The van der Waals surface area contributed by atoms with Gasteiger partial charge in [-0.05, 0) is 111 Å². The lowest BCUT2D eigenvalue weighted by Gasteiger charge is -2.46. The number of anilines is 2. The summed E-state index contributed by atoms with van der Waals surface area (Å²) in [5.41, 5.74) is 4.53. The van der Waals surface area contributed by atoms with E-state index in [2.05, 4.69) is 40.6 Å². The lowest BCUT2D eigenvalue weighted by Crippen LogP contribution is -2.47. The number of nitrogens with zero attached hydrogens (tertiary/aromatic N) is 1. The Balaban J connectivity index is 1.37. The van der Waals surface area contributed by atoms with Gasteiger partial charge in [-0.3, -0.25) is 0 Å². The average molecular weight is 613 g/mol. The molecule has 6 atom stereocenters. The Hall–Kier alpha value is -2.22. The second-order valence-electron chi connectivity index (χ2n) is 13.1. The van der Waals surface area contributed by atoms with E-state index in [0.717, 1.165) is 67.3 Å². The van der Waals surface area contributed by atoms with Crippen LogP contribution in [0.2, 0.25) is 5.02 Å². The topological polar surface area (TPSA) is 67.9 Å². The van der Waals surface area contributed by atoms with E-state index >= 15 is 0 Å². The molecular formula is C34H45ClN2O4S. The number of nitrogens with one attached hydrogen (secondary N) is 1. The first-order chi connectivity index (χ1) is 20.2. The minimum atomic E-state index is -3.34. The molecule has 0 aromatic heterocycles. The zero-order valence-corrected chi connectivity index (χ0v) is 26.7. The van der Waals surface area contributed by atoms with Crippen molar-refractivity contribution < 1.29 is 17.9 Å². The number of rotatable bonds is 1. The normalized spacial score (nSPS) is 33.5. The first-order valence-electron chi connectivity index (χ1n) is 15.6. The summed E-state index contributed by atoms with van der Waals surface area (Å²) >= 11 is 6.40. The van der Waals surface area contributed by atoms with Crippen molar-refractivity contribution in [3.63, 3.8) is 0 Å². The van der Waals surface area contributed by atoms with E-state index in [9.17, 15) is 8.42 Å². The standard InChI is InChI=1S/C34H45ClN2O4S/c1-23-6-4-8-32(40-3)29-12-9-26(29)20-37-17-16-34(15-5-7-25-18-27(35)10-13-30(25)34)21-41-33-14-11-28(19-31(33)37)36-22-42(38,39)24(23)2/h4,8,10-11,13-14,18-19,23-24,26,29,32,36H,5-7,9,12,15-17,20-22H2,1-3H3/b8-4+/t23-,24+,26-,29+,32-,34-/m0/s1. The number of hydrogen-bond acceptors (Lipinski definition) is 6. The fourth-order valence-corrected chi connectivity index (χ4v) is 9.26. The first kappa shape index (κ1) is 29.8. The van der Waals surface area contributed by atoms with Gasteiger partial charge in [0.15, 0.2) is 9.84 Å². The highest BCUT2D eigenvalue weighted by molar-refractivity contribution is 7.92. The van der Waals surface area contributed by atoms with Crippen LogP contribution in [0.1, 0.15) is 63.5 Å². The van der Waals surface area contributed by atoms with Gasteiger partial charge in [0.1, 0.15) is 11.6 Å². The molecular weight excluding hydrogens is 568 g/mol. The van der Waals surface area contributed by atoms with Gasteiger partial charge in [-0.15, -0.1) is 0 Å². The second kappa shape index (κ2) is 12.0. The van der Waals surface area contributed by atoms with Crippen molar-refractivity contribution in [2.45, 2.75) is 75.6 Å². The maximum absolute atomic E-state index is 13.3. The fraction of sp³-hybridized carbons (Fsp3) is 0.588. The van der Waals surface area contributed by atoms with Crippen LogP contribution in [0.5, 0.6) is 5.75 Å². The number of allylic oxidation sites excluding steroid dienone is 1. The highest BCUT2D eigenvalue weighted by Gasteiger charge is 2.42. The summed E-state index contributed by atoms with van der Waals surface area (Å²) in [6.07, 6.45) is 11.7. The van der Waals surface area contributed by atoms with Crippen molar-refractivity contribution >= 4 is 32.8 Å². The first-order valence-corrected chi connectivity index (χ1v) is 17.7. The summed E-state index contributed by atoms with van der Waals surface area (Å²) in [6, 6.07) is 12.5. The molecule has 1 fully saturated rings. The molecule has 2 aliphatic carbocycles. The van der Waals surface area contributed by atoms with E-state index in [4.69, 9.17) is 21.1 Å². The van der Waals surface area contributed by atoms with Crippen LogP contribution >= 0.6 is 11.6 Å². The number of ether oxygens (including phenoxy) is 2. The number of benzene rings is 2. The van der Waals surface area contributed by atoms with Crippen LogP contribution in [0, 0.1) is 17.8 Å². The Morgan fingerprint density at radius 3 is 2.76 bits per heavy atom. The molecule has 42 heavy (non-hydrogen) atoms. The van der Waals surface area contributed by atoms with Gasteiger partial charge in [-0.1, -0.05) is 36.7 Å². The summed E-state index contributed by atoms with van der Waals surface area (Å²) < 4.78 is 39.2.